The topological polar surface area (TPSA) is 305 Å². The van der Waals surface area contributed by atoms with E-state index in [0.29, 0.717) is 90.7 Å². The molecule has 2 aromatic heterocycles. The van der Waals surface area contributed by atoms with Crippen LogP contribution in [-0.4, -0.2) is 218 Å². The number of alkyl carbamates (subject to hydrolysis) is 1. The number of urea groups is 2. The van der Waals surface area contributed by atoms with E-state index in [2.05, 4.69) is 15.3 Å². The molecule has 0 spiro atoms. The third-order valence-corrected chi connectivity index (χ3v) is 15.4. The van der Waals surface area contributed by atoms with Crippen molar-refractivity contribution in [1.29, 1.82) is 0 Å². The van der Waals surface area contributed by atoms with E-state index in [9.17, 15) is 66.3 Å². The van der Waals surface area contributed by atoms with E-state index in [0.717, 1.165) is 0 Å². The normalized spacial score (nSPS) is 17.7. The minimum Gasteiger partial charge on any atom is -0.475 e. The van der Waals surface area contributed by atoms with Crippen LogP contribution in [0.15, 0.2) is 70.3 Å². The number of pyridine rings is 2. The van der Waals surface area contributed by atoms with Crippen molar-refractivity contribution in [3.63, 3.8) is 0 Å². The number of halogens is 8. The number of piperidine rings is 2. The van der Waals surface area contributed by atoms with Crippen molar-refractivity contribution in [3.05, 3.63) is 60.5 Å². The Hall–Kier alpha value is -6.65. The lowest BCUT2D eigenvalue weighted by molar-refractivity contribution is -0.193. The molecule has 4 saturated heterocycles. The molecule has 2 aromatic rings. The summed E-state index contributed by atoms with van der Waals surface area (Å²) in [5.74, 6) is -5.21. The average Bonchev–Trinajstić information content (AvgIpc) is 3.92. The first-order chi connectivity index (χ1) is 36.7. The third kappa shape index (κ3) is 20.5. The maximum Gasteiger partial charge on any atom is 0.490 e. The van der Waals surface area contributed by atoms with Gasteiger partial charge < -0.3 is 55.1 Å². The quantitative estimate of drug-likeness (QED) is 0.179. The number of nitrogens with one attached hydrogen (secondary N) is 1. The summed E-state index contributed by atoms with van der Waals surface area (Å²) in [5.41, 5.74) is 5.10. The zero-order valence-corrected chi connectivity index (χ0v) is 45.0. The van der Waals surface area contributed by atoms with Gasteiger partial charge in [0.05, 0.1) is 25.1 Å². The zero-order valence-electron chi connectivity index (χ0n) is 43.4. The smallest absolute Gasteiger partial charge is 0.475 e. The molecule has 4 fully saturated rings. The van der Waals surface area contributed by atoms with E-state index in [4.69, 9.17) is 39.7 Å². The number of sulfonamides is 2. The van der Waals surface area contributed by atoms with Gasteiger partial charge in [0, 0.05) is 115 Å². The molecule has 4 aliphatic heterocycles. The van der Waals surface area contributed by atoms with Crippen LogP contribution in [0.5, 0.6) is 11.8 Å². The first-order valence-electron chi connectivity index (χ1n) is 23.7. The Morgan fingerprint density at radius 2 is 1.01 bits per heavy atom. The van der Waals surface area contributed by atoms with E-state index in [1.54, 1.807) is 44.7 Å². The van der Waals surface area contributed by atoms with E-state index in [1.165, 1.54) is 45.3 Å². The Labute approximate surface area is 449 Å². The monoisotopic (exact) mass is 1180 g/mol. The molecular formula is C45H62F8N10O14S2. The number of carbonyl (C=O) groups is 5. The number of ether oxygens (including phenoxy) is 3. The van der Waals surface area contributed by atoms with Gasteiger partial charge in [0.1, 0.15) is 28.6 Å². The van der Waals surface area contributed by atoms with E-state index >= 15 is 0 Å². The zero-order chi connectivity index (χ0) is 59.7. The van der Waals surface area contributed by atoms with Gasteiger partial charge in [-0.25, -0.2) is 59.6 Å². The summed E-state index contributed by atoms with van der Waals surface area (Å²) in [6.07, 6.45) is -5.35. The number of aliphatic carboxylic acids is 2. The molecule has 0 saturated carbocycles. The Morgan fingerprint density at radius 1 is 0.658 bits per heavy atom. The van der Waals surface area contributed by atoms with Gasteiger partial charge in [0.15, 0.2) is 0 Å². The van der Waals surface area contributed by atoms with Gasteiger partial charge in [-0.1, -0.05) is 0 Å². The van der Waals surface area contributed by atoms with Crippen LogP contribution in [0, 0.1) is 0 Å². The molecular weight excluding hydrogens is 1120 g/mol. The number of amides is 5. The summed E-state index contributed by atoms with van der Waals surface area (Å²) < 4.78 is 160. The second-order valence-corrected chi connectivity index (χ2v) is 22.4. The number of carboxylic acid groups (broad SMARTS) is 2. The fraction of sp³-hybridized carbons (Fsp3) is 0.578. The van der Waals surface area contributed by atoms with Crippen molar-refractivity contribution in [3.8, 4) is 11.8 Å². The highest BCUT2D eigenvalue weighted by Gasteiger charge is 2.40. The number of carbonyl (C=O) groups excluding carboxylic acids is 3. The van der Waals surface area contributed by atoms with E-state index in [-0.39, 0.29) is 83.1 Å². The third-order valence-electron chi connectivity index (χ3n) is 11.6. The molecule has 5 amide bonds. The van der Waals surface area contributed by atoms with Gasteiger partial charge in [-0.3, -0.25) is 0 Å². The minimum absolute atomic E-state index is 0.00601. The average molecular weight is 1180 g/mol. The number of nitrogens with two attached hydrogens (primary N) is 1. The number of hydrogen-bond acceptors (Lipinski definition) is 15. The Kier molecular flexibility index (Phi) is 24.5. The molecule has 79 heavy (non-hydrogen) atoms. The van der Waals surface area contributed by atoms with Gasteiger partial charge in [-0.15, -0.1) is 0 Å². The maximum atomic E-state index is 13.2. The number of aromatic nitrogens is 2. The fourth-order valence-electron chi connectivity index (χ4n) is 7.40. The second kappa shape index (κ2) is 29.0. The molecule has 0 bridgehead atoms. The molecule has 6 rings (SSSR count). The van der Waals surface area contributed by atoms with Crippen LogP contribution in [0.1, 0.15) is 46.5 Å². The lowest BCUT2D eigenvalue weighted by Gasteiger charge is -2.35. The van der Waals surface area contributed by atoms with Gasteiger partial charge in [-0.05, 0) is 58.6 Å². The number of likely N-dealkylation sites (N-methyl/N-ethyl adjacent to an activating group) is 2. The van der Waals surface area contributed by atoms with Gasteiger partial charge in [0.2, 0.25) is 31.8 Å². The van der Waals surface area contributed by atoms with Crippen LogP contribution in [-0.2, 0) is 34.4 Å². The molecule has 6 heterocycles. The Morgan fingerprint density at radius 3 is 1.28 bits per heavy atom. The summed E-state index contributed by atoms with van der Waals surface area (Å²) >= 11 is 0. The number of rotatable bonds is 15. The molecule has 444 valence electrons. The van der Waals surface area contributed by atoms with Crippen molar-refractivity contribution in [2.24, 2.45) is 5.73 Å². The molecule has 0 radical (unpaired) electrons. The summed E-state index contributed by atoms with van der Waals surface area (Å²) in [4.78, 5) is 69.0. The summed E-state index contributed by atoms with van der Waals surface area (Å²) in [7, 11) is -3.90. The Bertz CT molecular complexity index is 2640. The van der Waals surface area contributed by atoms with Crippen molar-refractivity contribution < 1.29 is 100 Å². The van der Waals surface area contributed by atoms with Crippen LogP contribution >= 0.6 is 0 Å². The van der Waals surface area contributed by atoms with Gasteiger partial charge >= 0.3 is 42.4 Å². The molecule has 34 heteroatoms. The fourth-order valence-corrected chi connectivity index (χ4v) is 10.2. The van der Waals surface area contributed by atoms with Crippen molar-refractivity contribution in [1.82, 2.24) is 43.5 Å². The molecule has 4 aliphatic rings. The minimum atomic E-state index is -5.08. The van der Waals surface area contributed by atoms with Crippen LogP contribution in [0.4, 0.5) is 49.5 Å². The number of alkyl halides is 6. The maximum absolute atomic E-state index is 13.2. The SMILES string of the molecule is CN1CCN(C2CCN(S(=O)(=O)c3ccc(OC/C(=C\F)CN)nc3)CC2)C1=O.CN1CCN(C2CCN(S(=O)(=O)c3ccc(OCC(=CF)CNC(=O)OC(C)(C)C)nc3)CC2)C1=O.O=C(O)C(F)(F)F.O=C(O)C(F)(F)F. The predicted molar refractivity (Wildman–Crippen MR) is 262 cm³/mol. The molecule has 0 unspecified atom stereocenters. The van der Waals surface area contributed by atoms with Crippen LogP contribution in [0.25, 0.3) is 0 Å². The number of carboxylic acids is 2. The highest BCUT2D eigenvalue weighted by Crippen LogP contribution is 2.28. The van der Waals surface area contributed by atoms with Crippen molar-refractivity contribution in [2.45, 2.75) is 86.3 Å². The predicted octanol–water partition coefficient (Wildman–Crippen LogP) is 4.42. The Balaban J connectivity index is 0.000000338. The highest BCUT2D eigenvalue weighted by molar-refractivity contribution is 7.89. The van der Waals surface area contributed by atoms with Crippen molar-refractivity contribution >= 4 is 50.1 Å². The van der Waals surface area contributed by atoms with Crippen LogP contribution < -0.4 is 20.5 Å². The number of hydrogen-bond donors (Lipinski definition) is 4. The van der Waals surface area contributed by atoms with E-state index < -0.39 is 56.0 Å². The van der Waals surface area contributed by atoms with Gasteiger partial charge in [-0.2, -0.15) is 35.0 Å². The van der Waals surface area contributed by atoms with Crippen LogP contribution in [0.2, 0.25) is 0 Å². The van der Waals surface area contributed by atoms with Crippen LogP contribution in [0.3, 0.4) is 0 Å². The molecule has 24 nitrogen and oxygen atoms in total. The summed E-state index contributed by atoms with van der Waals surface area (Å²) in [6.45, 7) is 8.86. The molecule has 0 atom stereocenters. The second-order valence-electron chi connectivity index (χ2n) is 18.5. The summed E-state index contributed by atoms with van der Waals surface area (Å²) in [5, 5.41) is 16.7. The first kappa shape index (κ1) is 66.6. The first-order valence-corrected chi connectivity index (χ1v) is 26.6. The largest absolute Gasteiger partial charge is 0.490 e. The lowest BCUT2D eigenvalue weighted by Crippen LogP contribution is -2.47. The van der Waals surface area contributed by atoms with E-state index in [1.807, 2.05) is 9.80 Å². The molecule has 0 aliphatic carbocycles. The lowest BCUT2D eigenvalue weighted by atomic mass is 10.1. The highest BCUT2D eigenvalue weighted by atomic mass is 32.2. The van der Waals surface area contributed by atoms with Crippen molar-refractivity contribution in [2.75, 3.05) is 92.8 Å². The standard InChI is InChI=1S/C23H34FN5O6S.C18H26FN5O4S.2C2HF3O2/c1-23(2,3)35-21(30)26-14-17(13-24)16-34-20-6-5-19(15-25-20)36(32,33)28-9-7-18(8-10-28)29-12-11-27(4)22(29)31;1-22-8-9-24(18(22)25)15-4-6-23(7-5-15)29(26,27)16-2-3-17(21-12-16)28-13-14(10-19)11-20;2*3-2(4,5)1(6)7/h5-6,13,15,18H,7-12,14,16H2,1-4H3,(H,26,30);2-3,10,12,15H,4-9,11,13,20H2,1H3;2*(H,6,7)/b;14-10-;;. The molecule has 0 aromatic carbocycles. The molecule has 5 N–H and O–H groups in total. The summed E-state index contributed by atoms with van der Waals surface area (Å²) in [6, 6.07) is 5.73. The van der Waals surface area contributed by atoms with Gasteiger partial charge in [0.25, 0.3) is 0 Å². The number of nitrogens with zero attached hydrogens (tertiary/aromatic N) is 8.